The lowest BCUT2D eigenvalue weighted by molar-refractivity contribution is -0.138. The van der Waals surface area contributed by atoms with Gasteiger partial charge >= 0.3 is 5.97 Å². The Morgan fingerprint density at radius 1 is 1.33 bits per heavy atom. The van der Waals surface area contributed by atoms with Crippen molar-refractivity contribution in [1.29, 1.82) is 0 Å². The molecule has 0 saturated heterocycles. The smallest absolute Gasteiger partial charge is 0.305 e. The Morgan fingerprint density at radius 2 is 1.89 bits per heavy atom. The van der Waals surface area contributed by atoms with Gasteiger partial charge in [0.05, 0.1) is 18.9 Å². The van der Waals surface area contributed by atoms with Crippen molar-refractivity contribution >= 4 is 11.9 Å². The van der Waals surface area contributed by atoms with Gasteiger partial charge in [-0.25, -0.2) is 0 Å². The second-order valence-electron chi connectivity index (χ2n) is 5.38. The van der Waals surface area contributed by atoms with Crippen LogP contribution in [0, 0.1) is 5.41 Å². The van der Waals surface area contributed by atoms with Crippen molar-refractivity contribution in [3.8, 4) is 0 Å². The Hall–Kier alpha value is -1.14. The number of hydrogen-bond acceptors (Lipinski definition) is 4. The van der Waals surface area contributed by atoms with Crippen LogP contribution in [0.1, 0.15) is 33.6 Å². The summed E-state index contributed by atoms with van der Waals surface area (Å²) in [6.07, 6.45) is -0.301. The van der Waals surface area contributed by atoms with Gasteiger partial charge in [-0.3, -0.25) is 9.59 Å². The Kier molecular flexibility index (Phi) is 6.86. The van der Waals surface area contributed by atoms with Gasteiger partial charge in [-0.15, -0.1) is 0 Å². The van der Waals surface area contributed by atoms with Gasteiger partial charge in [0.2, 0.25) is 5.91 Å². The van der Waals surface area contributed by atoms with Gasteiger partial charge in [-0.2, -0.15) is 0 Å². The number of amides is 1. The molecule has 0 saturated carbocycles. The molecule has 0 aromatic rings. The predicted molar refractivity (Wildman–Crippen MR) is 68.1 cm³/mol. The van der Waals surface area contributed by atoms with Crippen molar-refractivity contribution in [2.24, 2.45) is 11.1 Å². The minimum Gasteiger partial charge on any atom is -0.481 e. The summed E-state index contributed by atoms with van der Waals surface area (Å²) >= 11 is 0. The van der Waals surface area contributed by atoms with E-state index in [4.69, 9.17) is 15.6 Å². The zero-order chi connectivity index (χ0) is 14.3. The maximum atomic E-state index is 11.8. The highest BCUT2D eigenvalue weighted by Gasteiger charge is 2.28. The summed E-state index contributed by atoms with van der Waals surface area (Å²) in [5.74, 6) is -1.18. The molecule has 6 nitrogen and oxygen atoms in total. The molecule has 0 aromatic carbocycles. The normalized spacial score (nSPS) is 14.9. The number of nitrogens with two attached hydrogens (primary N) is 1. The van der Waals surface area contributed by atoms with Crippen LogP contribution in [0.2, 0.25) is 0 Å². The summed E-state index contributed by atoms with van der Waals surface area (Å²) in [5.41, 5.74) is 5.11. The quantitative estimate of drug-likeness (QED) is 0.613. The molecule has 0 spiro atoms. The van der Waals surface area contributed by atoms with Gasteiger partial charge in [0.25, 0.3) is 0 Å². The highest BCUT2D eigenvalue weighted by atomic mass is 16.5. The van der Waals surface area contributed by atoms with E-state index in [0.717, 1.165) is 0 Å². The van der Waals surface area contributed by atoms with E-state index in [2.05, 4.69) is 5.32 Å². The summed E-state index contributed by atoms with van der Waals surface area (Å²) in [4.78, 5) is 22.5. The van der Waals surface area contributed by atoms with Crippen molar-refractivity contribution < 1.29 is 19.4 Å². The maximum absolute atomic E-state index is 11.8. The van der Waals surface area contributed by atoms with Crippen molar-refractivity contribution in [2.75, 3.05) is 13.7 Å². The standard InChI is InChI=1S/C12H24N2O4/c1-12(2,3)9(6-11(16)17)14-10(15)5-8(7-13)18-4/h8-9H,5-7,13H2,1-4H3,(H,14,15)(H,16,17). The number of methoxy groups -OCH3 is 1. The first kappa shape index (κ1) is 16.9. The van der Waals surface area contributed by atoms with E-state index in [1.807, 2.05) is 20.8 Å². The number of rotatable bonds is 7. The summed E-state index contributed by atoms with van der Waals surface area (Å²) in [7, 11) is 1.49. The third kappa shape index (κ3) is 6.56. The number of nitrogens with one attached hydrogen (secondary N) is 1. The minimum absolute atomic E-state index is 0.102. The number of carbonyl (C=O) groups excluding carboxylic acids is 1. The monoisotopic (exact) mass is 260 g/mol. The van der Waals surface area contributed by atoms with Gasteiger partial charge in [0.15, 0.2) is 0 Å². The molecule has 4 N–H and O–H groups in total. The van der Waals surface area contributed by atoms with E-state index in [1.165, 1.54) is 7.11 Å². The molecule has 18 heavy (non-hydrogen) atoms. The molecule has 0 radical (unpaired) electrons. The van der Waals surface area contributed by atoms with Gasteiger partial charge < -0.3 is 20.9 Å². The number of hydrogen-bond donors (Lipinski definition) is 3. The van der Waals surface area contributed by atoms with Crippen molar-refractivity contribution in [2.45, 2.75) is 45.8 Å². The van der Waals surface area contributed by atoms with Gasteiger partial charge in [0, 0.05) is 19.7 Å². The fourth-order valence-corrected chi connectivity index (χ4v) is 1.47. The number of carbonyl (C=O) groups is 2. The molecule has 2 unspecified atom stereocenters. The molecule has 0 bridgehead atoms. The first-order valence-corrected chi connectivity index (χ1v) is 5.94. The first-order valence-electron chi connectivity index (χ1n) is 5.94. The predicted octanol–water partition coefficient (Wildman–Crippen LogP) is 0.356. The summed E-state index contributed by atoms with van der Waals surface area (Å²) < 4.78 is 5.02. The van der Waals surface area contributed by atoms with Crippen LogP contribution in [-0.4, -0.2) is 42.8 Å². The lowest BCUT2D eigenvalue weighted by Gasteiger charge is -2.30. The lowest BCUT2D eigenvalue weighted by atomic mass is 9.84. The van der Waals surface area contributed by atoms with Crippen LogP contribution in [0.5, 0.6) is 0 Å². The van der Waals surface area contributed by atoms with Crippen LogP contribution in [0.4, 0.5) is 0 Å². The second-order valence-corrected chi connectivity index (χ2v) is 5.38. The Balaban J connectivity index is 4.49. The molecule has 0 fully saturated rings. The molecule has 0 aliphatic heterocycles. The Bertz CT molecular complexity index is 282. The molecule has 0 rings (SSSR count). The van der Waals surface area contributed by atoms with E-state index in [0.29, 0.717) is 0 Å². The fourth-order valence-electron chi connectivity index (χ4n) is 1.47. The molecule has 0 aromatic heterocycles. The minimum atomic E-state index is -0.933. The Morgan fingerprint density at radius 3 is 2.22 bits per heavy atom. The maximum Gasteiger partial charge on any atom is 0.305 e. The number of aliphatic carboxylic acids is 1. The van der Waals surface area contributed by atoms with Gasteiger partial charge in [0.1, 0.15) is 0 Å². The van der Waals surface area contributed by atoms with E-state index in [1.54, 1.807) is 0 Å². The van der Waals surface area contributed by atoms with Crippen LogP contribution in [0.15, 0.2) is 0 Å². The van der Waals surface area contributed by atoms with E-state index >= 15 is 0 Å². The number of ether oxygens (including phenoxy) is 1. The molecular weight excluding hydrogens is 236 g/mol. The molecular formula is C12H24N2O4. The Labute approximate surface area is 108 Å². The SMILES string of the molecule is COC(CN)CC(=O)NC(CC(=O)O)C(C)(C)C. The highest BCUT2D eigenvalue weighted by molar-refractivity contribution is 5.78. The summed E-state index contributed by atoms with van der Waals surface area (Å²) in [6.45, 7) is 5.91. The van der Waals surface area contributed by atoms with E-state index < -0.39 is 12.0 Å². The first-order chi connectivity index (χ1) is 8.20. The third-order valence-electron chi connectivity index (χ3n) is 2.77. The van der Waals surface area contributed by atoms with Crippen molar-refractivity contribution in [3.05, 3.63) is 0 Å². The molecule has 1 amide bonds. The average molecular weight is 260 g/mol. The zero-order valence-electron chi connectivity index (χ0n) is 11.5. The van der Waals surface area contributed by atoms with Gasteiger partial charge in [-0.05, 0) is 5.41 Å². The van der Waals surface area contributed by atoms with Crippen LogP contribution >= 0.6 is 0 Å². The lowest BCUT2D eigenvalue weighted by Crippen LogP contribution is -2.46. The molecule has 0 heterocycles. The van der Waals surface area contributed by atoms with Gasteiger partial charge in [-0.1, -0.05) is 20.8 Å². The second kappa shape index (κ2) is 7.33. The summed E-state index contributed by atoms with van der Waals surface area (Å²) in [6, 6.07) is -0.419. The zero-order valence-corrected chi connectivity index (χ0v) is 11.5. The highest BCUT2D eigenvalue weighted by Crippen LogP contribution is 2.22. The topological polar surface area (TPSA) is 102 Å². The molecule has 106 valence electrons. The molecule has 0 aliphatic carbocycles. The molecule has 0 aliphatic rings. The average Bonchev–Trinajstić information content (AvgIpc) is 2.23. The third-order valence-corrected chi connectivity index (χ3v) is 2.77. The van der Waals surface area contributed by atoms with Crippen LogP contribution in [0.25, 0.3) is 0 Å². The molecule has 6 heteroatoms. The number of carboxylic acids is 1. The van der Waals surface area contributed by atoms with Crippen molar-refractivity contribution in [1.82, 2.24) is 5.32 Å². The van der Waals surface area contributed by atoms with Crippen molar-refractivity contribution in [3.63, 3.8) is 0 Å². The molecule has 2 atom stereocenters. The summed E-state index contributed by atoms with van der Waals surface area (Å²) in [5, 5.41) is 11.6. The van der Waals surface area contributed by atoms with E-state index in [-0.39, 0.29) is 36.8 Å². The van der Waals surface area contributed by atoms with E-state index in [9.17, 15) is 9.59 Å². The van der Waals surface area contributed by atoms with Crippen LogP contribution in [-0.2, 0) is 14.3 Å². The fraction of sp³-hybridized carbons (Fsp3) is 0.833. The largest absolute Gasteiger partial charge is 0.481 e. The number of carboxylic acid groups (broad SMARTS) is 1. The van der Waals surface area contributed by atoms with Crippen LogP contribution < -0.4 is 11.1 Å². The van der Waals surface area contributed by atoms with Crippen LogP contribution in [0.3, 0.4) is 0 Å².